The lowest BCUT2D eigenvalue weighted by Gasteiger charge is -2.11. The Kier molecular flexibility index (Phi) is 4.66. The van der Waals surface area contributed by atoms with Gasteiger partial charge in [-0.3, -0.25) is 0 Å². The Labute approximate surface area is 111 Å². The highest BCUT2D eigenvalue weighted by atomic mass is 79.9. The van der Waals surface area contributed by atoms with E-state index >= 15 is 0 Å². The number of anilines is 1. The van der Waals surface area contributed by atoms with Gasteiger partial charge >= 0.3 is 6.18 Å². The highest BCUT2D eigenvalue weighted by Gasteiger charge is 2.30. The summed E-state index contributed by atoms with van der Waals surface area (Å²) in [6.07, 6.45) is -3.30. The van der Waals surface area contributed by atoms with Crippen LogP contribution >= 0.6 is 15.9 Å². The van der Waals surface area contributed by atoms with E-state index in [1.165, 1.54) is 6.07 Å². The van der Waals surface area contributed by atoms with Gasteiger partial charge in [0.05, 0.1) is 11.3 Å². The molecule has 0 aromatic heterocycles. The minimum Gasteiger partial charge on any atom is -0.383 e. The summed E-state index contributed by atoms with van der Waals surface area (Å²) in [7, 11) is -3.10. The predicted octanol–water partition coefficient (Wildman–Crippen LogP) is 2.92. The average molecular weight is 346 g/mol. The smallest absolute Gasteiger partial charge is 0.383 e. The van der Waals surface area contributed by atoms with Crippen molar-refractivity contribution < 1.29 is 21.6 Å². The van der Waals surface area contributed by atoms with E-state index in [0.29, 0.717) is 5.69 Å². The second-order valence-corrected chi connectivity index (χ2v) is 6.86. The van der Waals surface area contributed by atoms with Crippen molar-refractivity contribution >= 4 is 31.5 Å². The molecule has 1 N–H and O–H groups in total. The Morgan fingerprint density at radius 3 is 2.39 bits per heavy atom. The Hall–Kier alpha value is -0.760. The quantitative estimate of drug-likeness (QED) is 0.912. The molecule has 0 unspecified atom stereocenters. The SMILES string of the molecule is CS(=O)(=O)CCNc1ccc(C(F)(F)F)cc1Br. The average Bonchev–Trinajstić information content (AvgIpc) is 2.17. The highest BCUT2D eigenvalue weighted by molar-refractivity contribution is 9.10. The van der Waals surface area contributed by atoms with Gasteiger partial charge in [-0.2, -0.15) is 13.2 Å². The summed E-state index contributed by atoms with van der Waals surface area (Å²) in [5.41, 5.74) is -0.338. The van der Waals surface area contributed by atoms with Gasteiger partial charge in [-0.05, 0) is 34.1 Å². The van der Waals surface area contributed by atoms with Crippen molar-refractivity contribution in [1.29, 1.82) is 0 Å². The van der Waals surface area contributed by atoms with E-state index in [4.69, 9.17) is 0 Å². The van der Waals surface area contributed by atoms with Crippen LogP contribution in [-0.2, 0) is 16.0 Å². The van der Waals surface area contributed by atoms with Crippen molar-refractivity contribution in [3.05, 3.63) is 28.2 Å². The van der Waals surface area contributed by atoms with Gasteiger partial charge < -0.3 is 5.32 Å². The Morgan fingerprint density at radius 2 is 1.94 bits per heavy atom. The van der Waals surface area contributed by atoms with Gasteiger partial charge in [-0.15, -0.1) is 0 Å². The molecule has 0 aliphatic rings. The maximum Gasteiger partial charge on any atom is 0.416 e. The fraction of sp³-hybridized carbons (Fsp3) is 0.400. The summed E-state index contributed by atoms with van der Waals surface area (Å²) >= 11 is 3.01. The van der Waals surface area contributed by atoms with Crippen LogP contribution in [0.25, 0.3) is 0 Å². The number of hydrogen-bond donors (Lipinski definition) is 1. The number of benzene rings is 1. The summed E-state index contributed by atoms with van der Waals surface area (Å²) in [5.74, 6) is -0.0829. The number of rotatable bonds is 4. The lowest BCUT2D eigenvalue weighted by atomic mass is 10.2. The highest BCUT2D eigenvalue weighted by Crippen LogP contribution is 2.33. The molecule has 0 spiro atoms. The van der Waals surface area contributed by atoms with Crippen molar-refractivity contribution in [2.24, 2.45) is 0 Å². The summed E-state index contributed by atoms with van der Waals surface area (Å²) < 4.78 is 59.2. The third kappa shape index (κ3) is 4.85. The van der Waals surface area contributed by atoms with Gasteiger partial charge in [0.2, 0.25) is 0 Å². The molecule has 1 aromatic carbocycles. The monoisotopic (exact) mass is 345 g/mol. The molecule has 0 bridgehead atoms. The van der Waals surface area contributed by atoms with E-state index in [9.17, 15) is 21.6 Å². The van der Waals surface area contributed by atoms with Crippen molar-refractivity contribution in [1.82, 2.24) is 0 Å². The summed E-state index contributed by atoms with van der Waals surface area (Å²) in [5, 5.41) is 2.75. The first-order valence-electron chi connectivity index (χ1n) is 4.88. The molecule has 0 saturated heterocycles. The van der Waals surface area contributed by atoms with E-state index in [1.807, 2.05) is 0 Å². The minimum atomic E-state index is -4.40. The van der Waals surface area contributed by atoms with Crippen LogP contribution in [0.2, 0.25) is 0 Å². The number of sulfone groups is 1. The van der Waals surface area contributed by atoms with Crippen LogP contribution in [0.5, 0.6) is 0 Å². The molecule has 0 heterocycles. The van der Waals surface area contributed by atoms with Gasteiger partial charge in [-0.25, -0.2) is 8.42 Å². The van der Waals surface area contributed by atoms with Crippen molar-refractivity contribution in [3.8, 4) is 0 Å². The standard InChI is InChI=1S/C10H11BrF3NO2S/c1-18(16,17)5-4-15-9-3-2-7(6-8(9)11)10(12,13)14/h2-3,6,15H,4-5H2,1H3. The van der Waals surface area contributed by atoms with E-state index in [0.717, 1.165) is 18.4 Å². The van der Waals surface area contributed by atoms with Crippen LogP contribution in [-0.4, -0.2) is 27.0 Å². The fourth-order valence-corrected chi connectivity index (χ4v) is 2.20. The summed E-state index contributed by atoms with van der Waals surface area (Å²) in [4.78, 5) is 0. The lowest BCUT2D eigenvalue weighted by molar-refractivity contribution is -0.137. The maximum atomic E-state index is 12.4. The zero-order valence-corrected chi connectivity index (χ0v) is 11.8. The molecule has 0 saturated carbocycles. The third-order valence-electron chi connectivity index (χ3n) is 2.08. The zero-order chi connectivity index (χ0) is 14.0. The lowest BCUT2D eigenvalue weighted by Crippen LogP contribution is -2.14. The van der Waals surface area contributed by atoms with Crippen LogP contribution in [0.15, 0.2) is 22.7 Å². The summed E-state index contributed by atoms with van der Waals surface area (Å²) in [6.45, 7) is 0.142. The maximum absolute atomic E-state index is 12.4. The fourth-order valence-electron chi connectivity index (χ4n) is 1.21. The molecular formula is C10H11BrF3NO2S. The van der Waals surface area contributed by atoms with E-state index in [2.05, 4.69) is 21.2 Å². The molecule has 1 aromatic rings. The molecule has 0 amide bonds. The molecule has 0 fully saturated rings. The minimum absolute atomic E-state index is 0.0829. The van der Waals surface area contributed by atoms with Crippen molar-refractivity contribution in [3.63, 3.8) is 0 Å². The molecule has 1 rings (SSSR count). The van der Waals surface area contributed by atoms with E-state index < -0.39 is 21.6 Å². The Morgan fingerprint density at radius 1 is 1.33 bits per heavy atom. The topological polar surface area (TPSA) is 46.2 Å². The first-order valence-corrected chi connectivity index (χ1v) is 7.73. The zero-order valence-electron chi connectivity index (χ0n) is 9.38. The number of halogens is 4. The number of alkyl halides is 3. The molecule has 102 valence electrons. The molecule has 18 heavy (non-hydrogen) atoms. The van der Waals surface area contributed by atoms with Crippen LogP contribution in [0.4, 0.5) is 18.9 Å². The van der Waals surface area contributed by atoms with Gasteiger partial charge in [0.1, 0.15) is 9.84 Å². The van der Waals surface area contributed by atoms with Gasteiger partial charge in [0.15, 0.2) is 0 Å². The van der Waals surface area contributed by atoms with Crippen LogP contribution in [0.1, 0.15) is 5.56 Å². The molecule has 0 atom stereocenters. The van der Waals surface area contributed by atoms with Crippen molar-refractivity contribution in [2.45, 2.75) is 6.18 Å². The first-order chi connectivity index (χ1) is 8.09. The van der Waals surface area contributed by atoms with E-state index in [1.54, 1.807) is 0 Å². The molecule has 8 heteroatoms. The molecular weight excluding hydrogens is 335 g/mol. The van der Waals surface area contributed by atoms with Crippen LogP contribution < -0.4 is 5.32 Å². The molecule has 0 aliphatic carbocycles. The molecule has 0 radical (unpaired) electrons. The van der Waals surface area contributed by atoms with Crippen molar-refractivity contribution in [2.75, 3.05) is 23.9 Å². The Bertz CT molecular complexity index is 528. The molecule has 0 aliphatic heterocycles. The van der Waals surface area contributed by atoms with Gasteiger partial charge in [0.25, 0.3) is 0 Å². The van der Waals surface area contributed by atoms with Gasteiger partial charge in [0, 0.05) is 23.0 Å². The Balaban J connectivity index is 2.75. The second kappa shape index (κ2) is 5.48. The largest absolute Gasteiger partial charge is 0.416 e. The number of hydrogen-bond acceptors (Lipinski definition) is 3. The normalized spacial score (nSPS) is 12.5. The number of nitrogens with one attached hydrogen (secondary N) is 1. The second-order valence-electron chi connectivity index (χ2n) is 3.75. The van der Waals surface area contributed by atoms with Crippen LogP contribution in [0, 0.1) is 0 Å². The van der Waals surface area contributed by atoms with Crippen LogP contribution in [0.3, 0.4) is 0 Å². The predicted molar refractivity (Wildman–Crippen MR) is 67.3 cm³/mol. The third-order valence-corrected chi connectivity index (χ3v) is 3.69. The van der Waals surface area contributed by atoms with Gasteiger partial charge in [-0.1, -0.05) is 0 Å². The first kappa shape index (κ1) is 15.3. The summed E-state index contributed by atoms with van der Waals surface area (Å²) in [6, 6.07) is 3.14. The molecule has 3 nitrogen and oxygen atoms in total. The van der Waals surface area contributed by atoms with E-state index in [-0.39, 0.29) is 16.8 Å².